The van der Waals surface area contributed by atoms with Crippen LogP contribution in [0.4, 0.5) is 0 Å². The van der Waals surface area contributed by atoms with E-state index in [1.54, 1.807) is 0 Å². The summed E-state index contributed by atoms with van der Waals surface area (Å²) in [7, 11) is 0. The molecule has 0 aliphatic carbocycles. The van der Waals surface area contributed by atoms with Crippen molar-refractivity contribution >= 4 is 11.9 Å². The fraction of sp³-hybridized carbons (Fsp3) is 0.944. The van der Waals surface area contributed by atoms with Crippen LogP contribution in [0.1, 0.15) is 207 Å². The van der Waals surface area contributed by atoms with Crippen molar-refractivity contribution in [3.05, 3.63) is 0 Å². The molecule has 0 rings (SSSR count). The van der Waals surface area contributed by atoms with Gasteiger partial charge in [-0.05, 0) is 37.5 Å². The van der Waals surface area contributed by atoms with E-state index < -0.39 is 11.9 Å². The van der Waals surface area contributed by atoms with Gasteiger partial charge in [0.15, 0.2) is 0 Å². The fourth-order valence-electron chi connectivity index (χ4n) is 5.18. The second kappa shape index (κ2) is 37.5. The topological polar surface area (TPSA) is 80.3 Å². The molecule has 0 spiro atoms. The van der Waals surface area contributed by atoms with Crippen LogP contribution in [0, 0.1) is 11.8 Å². The number of hydrogen-bond donors (Lipinski definition) is 0. The summed E-state index contributed by atoms with van der Waals surface area (Å²) in [5.74, 6) is -0.0830. The van der Waals surface area contributed by atoms with Gasteiger partial charge in [-0.25, -0.2) is 0 Å². The molecule has 0 aromatic heterocycles. The van der Waals surface area contributed by atoms with Crippen molar-refractivity contribution in [3.63, 3.8) is 0 Å². The van der Waals surface area contributed by atoms with Crippen LogP contribution in [0.25, 0.3) is 0 Å². The predicted molar refractivity (Wildman–Crippen MR) is 169 cm³/mol. The molecule has 0 saturated heterocycles. The van der Waals surface area contributed by atoms with Crippen molar-refractivity contribution in [2.75, 3.05) is 0 Å². The third kappa shape index (κ3) is 49.4. The molecule has 5 heteroatoms. The maximum absolute atomic E-state index is 10.2. The maximum Gasteiger partial charge on any atom is 2.00 e. The van der Waals surface area contributed by atoms with Gasteiger partial charge in [0, 0.05) is 11.9 Å². The molecule has 0 fully saturated rings. The molecule has 0 aromatic rings. The first-order valence-electron chi connectivity index (χ1n) is 17.6. The minimum absolute atomic E-state index is 0. The van der Waals surface area contributed by atoms with Gasteiger partial charge in [-0.1, -0.05) is 182 Å². The molecule has 0 amide bonds. The number of carboxylic acid groups (broad SMARTS) is 2. The summed E-state index contributed by atoms with van der Waals surface area (Å²) in [6, 6.07) is 0. The number of aliphatic carboxylic acids is 2. The van der Waals surface area contributed by atoms with Gasteiger partial charge in [0.05, 0.1) is 0 Å². The van der Waals surface area contributed by atoms with Crippen LogP contribution >= 0.6 is 0 Å². The summed E-state index contributed by atoms with van der Waals surface area (Å²) in [5, 5.41) is 20.4. The van der Waals surface area contributed by atoms with Gasteiger partial charge in [-0.3, -0.25) is 0 Å². The Morgan fingerprint density at radius 3 is 0.707 bits per heavy atom. The Morgan fingerprint density at radius 1 is 0.366 bits per heavy atom. The van der Waals surface area contributed by atoms with E-state index in [1.807, 2.05) is 0 Å². The van der Waals surface area contributed by atoms with Crippen molar-refractivity contribution in [1.29, 1.82) is 0 Å². The Balaban J connectivity index is -0.000000688. The number of carbonyl (C=O) groups is 2. The van der Waals surface area contributed by atoms with E-state index in [0.717, 1.165) is 37.5 Å². The molecule has 4 nitrogen and oxygen atoms in total. The van der Waals surface area contributed by atoms with E-state index in [1.165, 1.54) is 141 Å². The largest absolute Gasteiger partial charge is 2.00 e. The van der Waals surface area contributed by atoms with Gasteiger partial charge in [0.2, 0.25) is 0 Å². The number of carboxylic acids is 2. The zero-order valence-corrected chi connectivity index (χ0v) is 28.9. The fourth-order valence-corrected chi connectivity index (χ4v) is 5.18. The number of unbranched alkanes of at least 4 members (excludes halogenated alkanes) is 22. The standard InChI is InChI=1S/2C18H36O2.Ni/c2*1-17(2)15-13-11-9-7-5-3-4-6-8-10-12-14-16-18(19)20;/h2*17H,3-16H2,1-2H3,(H,19,20);/q;;+2/p-2. The van der Waals surface area contributed by atoms with E-state index in [9.17, 15) is 19.8 Å². The summed E-state index contributed by atoms with van der Waals surface area (Å²) < 4.78 is 0. The molecule has 248 valence electrons. The van der Waals surface area contributed by atoms with Gasteiger partial charge in [-0.2, -0.15) is 0 Å². The van der Waals surface area contributed by atoms with Gasteiger partial charge < -0.3 is 19.8 Å². The average molecular weight is 626 g/mol. The van der Waals surface area contributed by atoms with E-state index in [-0.39, 0.29) is 29.3 Å². The zero-order chi connectivity index (χ0) is 30.1. The molecule has 0 heterocycles. The number of hydrogen-bond acceptors (Lipinski definition) is 4. The second-order valence-electron chi connectivity index (χ2n) is 13.1. The smallest absolute Gasteiger partial charge is 0.550 e. The SMILES string of the molecule is CC(C)CCCCCCCCCCCCCCC(=O)[O-].CC(C)CCCCCCCCCCCCCCC(=O)[O-].[Ni+2]. The number of rotatable bonds is 30. The molecule has 0 unspecified atom stereocenters. The molecule has 41 heavy (non-hydrogen) atoms. The first kappa shape index (κ1) is 44.9. The van der Waals surface area contributed by atoms with Gasteiger partial charge in [0.25, 0.3) is 0 Å². The zero-order valence-electron chi connectivity index (χ0n) is 27.9. The quantitative estimate of drug-likeness (QED) is 0.0588. The van der Waals surface area contributed by atoms with Crippen molar-refractivity contribution in [2.24, 2.45) is 11.8 Å². The summed E-state index contributed by atoms with van der Waals surface area (Å²) in [6.07, 6.45) is 34.0. The Labute approximate surface area is 266 Å². The molecule has 0 radical (unpaired) electrons. The van der Waals surface area contributed by atoms with E-state index in [4.69, 9.17) is 0 Å². The third-order valence-electron chi connectivity index (χ3n) is 7.82. The summed E-state index contributed by atoms with van der Waals surface area (Å²) in [6.45, 7) is 9.22. The maximum atomic E-state index is 10.2. The average Bonchev–Trinajstić information content (AvgIpc) is 2.88. The van der Waals surface area contributed by atoms with Crippen LogP contribution in [-0.4, -0.2) is 11.9 Å². The van der Waals surface area contributed by atoms with Crippen LogP contribution in [0.2, 0.25) is 0 Å². The Kier molecular flexibility index (Phi) is 41.0. The molecule has 0 aliphatic rings. The molecule has 0 aromatic carbocycles. The normalized spacial score (nSPS) is 10.9. The molecule has 0 aliphatic heterocycles. The van der Waals surface area contributed by atoms with Gasteiger partial charge >= 0.3 is 16.5 Å². The van der Waals surface area contributed by atoms with Crippen LogP contribution in [-0.2, 0) is 26.1 Å². The monoisotopic (exact) mass is 624 g/mol. The molecular formula is C36H70NiO4. The third-order valence-corrected chi connectivity index (χ3v) is 7.82. The van der Waals surface area contributed by atoms with E-state index >= 15 is 0 Å². The Bertz CT molecular complexity index is 476. The van der Waals surface area contributed by atoms with Crippen molar-refractivity contribution in [2.45, 2.75) is 207 Å². The second-order valence-corrected chi connectivity index (χ2v) is 13.1. The number of carbonyl (C=O) groups excluding carboxylic acids is 2. The Morgan fingerprint density at radius 2 is 0.537 bits per heavy atom. The molecular weight excluding hydrogens is 555 g/mol. The van der Waals surface area contributed by atoms with Crippen molar-refractivity contribution < 1.29 is 36.3 Å². The first-order chi connectivity index (χ1) is 19.3. The van der Waals surface area contributed by atoms with Crippen LogP contribution in [0.15, 0.2) is 0 Å². The Hall–Kier alpha value is -0.566. The van der Waals surface area contributed by atoms with Crippen LogP contribution in [0.5, 0.6) is 0 Å². The van der Waals surface area contributed by atoms with Crippen LogP contribution in [0.3, 0.4) is 0 Å². The van der Waals surface area contributed by atoms with Crippen molar-refractivity contribution in [3.8, 4) is 0 Å². The van der Waals surface area contributed by atoms with E-state index in [2.05, 4.69) is 27.7 Å². The minimum Gasteiger partial charge on any atom is -0.550 e. The molecule has 0 N–H and O–H groups in total. The van der Waals surface area contributed by atoms with Gasteiger partial charge in [0.1, 0.15) is 0 Å². The molecule has 0 saturated carbocycles. The molecule has 0 bridgehead atoms. The molecule has 0 atom stereocenters. The first-order valence-corrected chi connectivity index (χ1v) is 17.6. The van der Waals surface area contributed by atoms with Crippen LogP contribution < -0.4 is 10.2 Å². The van der Waals surface area contributed by atoms with Gasteiger partial charge in [-0.15, -0.1) is 0 Å². The minimum atomic E-state index is -0.904. The summed E-state index contributed by atoms with van der Waals surface area (Å²) >= 11 is 0. The van der Waals surface area contributed by atoms with Crippen molar-refractivity contribution in [1.82, 2.24) is 0 Å². The summed E-state index contributed by atoms with van der Waals surface area (Å²) in [4.78, 5) is 20.4. The summed E-state index contributed by atoms with van der Waals surface area (Å²) in [5.41, 5.74) is 0. The predicted octanol–water partition coefficient (Wildman–Crippen LogP) is 9.70. The van der Waals surface area contributed by atoms with E-state index in [0.29, 0.717) is 0 Å².